The molecule has 1 fully saturated rings. The Hall–Kier alpha value is -2.25. The van der Waals surface area contributed by atoms with Gasteiger partial charge in [0, 0.05) is 24.5 Å². The first-order valence-electron chi connectivity index (χ1n) is 9.37. The zero-order valence-corrected chi connectivity index (χ0v) is 16.5. The van der Waals surface area contributed by atoms with Gasteiger partial charge in [-0.05, 0) is 42.8 Å². The molecule has 1 saturated heterocycles. The lowest BCUT2D eigenvalue weighted by molar-refractivity contribution is 0.123. The molecule has 6 nitrogen and oxygen atoms in total. The maximum Gasteiger partial charge on any atom is 0.232 e. The fourth-order valence-electron chi connectivity index (χ4n) is 3.00. The number of nitrogens with zero attached hydrogens (tertiary/aromatic N) is 1. The van der Waals surface area contributed by atoms with Crippen LogP contribution >= 0.6 is 0 Å². The van der Waals surface area contributed by atoms with Gasteiger partial charge in [-0.1, -0.05) is 25.5 Å². The lowest BCUT2D eigenvalue weighted by atomic mass is 10.2. The number of ether oxygens (including phenoxy) is 1. The van der Waals surface area contributed by atoms with E-state index in [4.69, 9.17) is 4.74 Å². The summed E-state index contributed by atoms with van der Waals surface area (Å²) in [6.45, 7) is 5.20. The van der Waals surface area contributed by atoms with Crippen LogP contribution < -0.4 is 14.9 Å². The highest BCUT2D eigenvalue weighted by Gasteiger charge is 2.14. The average Bonchev–Trinajstić information content (AvgIpc) is 2.69. The lowest BCUT2D eigenvalue weighted by Gasteiger charge is -2.30. The first-order chi connectivity index (χ1) is 13.1. The van der Waals surface area contributed by atoms with Crippen molar-refractivity contribution in [2.75, 3.05) is 47.0 Å². The minimum absolute atomic E-state index is 0.149. The summed E-state index contributed by atoms with van der Waals surface area (Å²) in [5, 5.41) is 3.43. The van der Waals surface area contributed by atoms with E-state index >= 15 is 0 Å². The Morgan fingerprint density at radius 3 is 2.37 bits per heavy atom. The molecule has 0 radical (unpaired) electrons. The van der Waals surface area contributed by atoms with Gasteiger partial charge in [0.1, 0.15) is 0 Å². The highest BCUT2D eigenvalue weighted by molar-refractivity contribution is 7.92. The Morgan fingerprint density at radius 2 is 1.67 bits per heavy atom. The van der Waals surface area contributed by atoms with E-state index in [-0.39, 0.29) is 5.75 Å². The van der Waals surface area contributed by atoms with Gasteiger partial charge in [0.05, 0.1) is 30.3 Å². The molecule has 1 aliphatic heterocycles. The second-order valence-electron chi connectivity index (χ2n) is 6.59. The number of anilines is 4. The Labute approximate surface area is 161 Å². The highest BCUT2D eigenvalue weighted by Crippen LogP contribution is 2.29. The molecule has 0 amide bonds. The molecular weight excluding hydrogens is 362 g/mol. The van der Waals surface area contributed by atoms with Crippen molar-refractivity contribution in [1.82, 2.24) is 0 Å². The van der Waals surface area contributed by atoms with Gasteiger partial charge in [-0.15, -0.1) is 0 Å². The van der Waals surface area contributed by atoms with Crippen LogP contribution in [0.25, 0.3) is 0 Å². The van der Waals surface area contributed by atoms with E-state index < -0.39 is 10.0 Å². The molecular formula is C20H27N3O3S. The molecule has 0 bridgehead atoms. The second-order valence-corrected chi connectivity index (χ2v) is 8.44. The summed E-state index contributed by atoms with van der Waals surface area (Å²) in [5.41, 5.74) is 3.66. The third kappa shape index (κ3) is 5.61. The van der Waals surface area contributed by atoms with Crippen molar-refractivity contribution in [1.29, 1.82) is 0 Å². The first kappa shape index (κ1) is 19.5. The van der Waals surface area contributed by atoms with Gasteiger partial charge in [0.25, 0.3) is 0 Å². The molecule has 146 valence electrons. The van der Waals surface area contributed by atoms with E-state index in [1.165, 1.54) is 0 Å². The summed E-state index contributed by atoms with van der Waals surface area (Å²) in [7, 11) is -3.28. The fraction of sp³-hybridized carbons (Fsp3) is 0.400. The van der Waals surface area contributed by atoms with Crippen molar-refractivity contribution >= 4 is 32.8 Å². The summed E-state index contributed by atoms with van der Waals surface area (Å²) >= 11 is 0. The van der Waals surface area contributed by atoms with Gasteiger partial charge >= 0.3 is 0 Å². The first-order valence-corrected chi connectivity index (χ1v) is 11.0. The molecule has 27 heavy (non-hydrogen) atoms. The zero-order chi connectivity index (χ0) is 19.1. The summed E-state index contributed by atoms with van der Waals surface area (Å²) in [6.07, 6.45) is 1.51. The Bertz CT molecular complexity index is 832. The third-order valence-corrected chi connectivity index (χ3v) is 5.83. The number of benzene rings is 2. The molecule has 0 atom stereocenters. The topological polar surface area (TPSA) is 70.7 Å². The molecule has 0 aliphatic carbocycles. The van der Waals surface area contributed by atoms with Crippen LogP contribution in [0.2, 0.25) is 0 Å². The number of unbranched alkanes of at least 4 members (excludes halogenated alkanes) is 1. The summed E-state index contributed by atoms with van der Waals surface area (Å²) < 4.78 is 32.1. The maximum atomic E-state index is 12.0. The Morgan fingerprint density at radius 1 is 1.00 bits per heavy atom. The van der Waals surface area contributed by atoms with Crippen LogP contribution in [0.5, 0.6) is 0 Å². The van der Waals surface area contributed by atoms with Gasteiger partial charge < -0.3 is 15.0 Å². The molecule has 7 heteroatoms. The van der Waals surface area contributed by atoms with Crippen molar-refractivity contribution < 1.29 is 13.2 Å². The van der Waals surface area contributed by atoms with Gasteiger partial charge in [-0.3, -0.25) is 4.72 Å². The van der Waals surface area contributed by atoms with E-state index in [0.29, 0.717) is 12.1 Å². The number of sulfonamides is 1. The van der Waals surface area contributed by atoms with Crippen molar-refractivity contribution in [3.8, 4) is 0 Å². The molecule has 1 aliphatic rings. The number of morpholine rings is 1. The van der Waals surface area contributed by atoms with E-state index in [1.54, 1.807) is 12.1 Å². The largest absolute Gasteiger partial charge is 0.378 e. The molecule has 2 aromatic rings. The number of hydrogen-bond acceptors (Lipinski definition) is 5. The summed E-state index contributed by atoms with van der Waals surface area (Å²) in [5.74, 6) is 0.149. The van der Waals surface area contributed by atoms with Crippen LogP contribution in [-0.4, -0.2) is 40.5 Å². The SMILES string of the molecule is CCCCS(=O)(=O)Nc1ccc(Nc2ccccc2N2CCOCC2)cc1. The monoisotopic (exact) mass is 389 g/mol. The molecule has 3 rings (SSSR count). The van der Waals surface area contributed by atoms with Crippen LogP contribution in [-0.2, 0) is 14.8 Å². The minimum Gasteiger partial charge on any atom is -0.378 e. The lowest BCUT2D eigenvalue weighted by Crippen LogP contribution is -2.36. The van der Waals surface area contributed by atoms with Gasteiger partial charge in [-0.2, -0.15) is 0 Å². The van der Waals surface area contributed by atoms with E-state index in [2.05, 4.69) is 21.0 Å². The normalized spacial score (nSPS) is 14.8. The highest BCUT2D eigenvalue weighted by atomic mass is 32.2. The minimum atomic E-state index is -3.28. The molecule has 0 unspecified atom stereocenters. The smallest absolute Gasteiger partial charge is 0.232 e. The van der Waals surface area contributed by atoms with Crippen molar-refractivity contribution in [3.63, 3.8) is 0 Å². The van der Waals surface area contributed by atoms with E-state index in [1.807, 2.05) is 37.3 Å². The van der Waals surface area contributed by atoms with Crippen molar-refractivity contribution in [3.05, 3.63) is 48.5 Å². The molecule has 0 aromatic heterocycles. The van der Waals surface area contributed by atoms with Crippen LogP contribution in [0, 0.1) is 0 Å². The van der Waals surface area contributed by atoms with Gasteiger partial charge in [-0.25, -0.2) is 8.42 Å². The third-order valence-electron chi connectivity index (χ3n) is 4.46. The maximum absolute atomic E-state index is 12.0. The standard InChI is InChI=1S/C20H27N3O3S/c1-2-3-16-27(24,25)22-18-10-8-17(9-11-18)21-19-6-4-5-7-20(19)23-12-14-26-15-13-23/h4-11,21-22H,2-3,12-16H2,1H3. The molecule has 0 saturated carbocycles. The fourth-order valence-corrected chi connectivity index (χ4v) is 4.27. The van der Waals surface area contributed by atoms with Gasteiger partial charge in [0.15, 0.2) is 0 Å². The van der Waals surface area contributed by atoms with Gasteiger partial charge in [0.2, 0.25) is 10.0 Å². The number of nitrogens with one attached hydrogen (secondary N) is 2. The van der Waals surface area contributed by atoms with Crippen LogP contribution in [0.15, 0.2) is 48.5 Å². The van der Waals surface area contributed by atoms with Crippen LogP contribution in [0.3, 0.4) is 0 Å². The molecule has 2 N–H and O–H groups in total. The average molecular weight is 390 g/mol. The zero-order valence-electron chi connectivity index (χ0n) is 15.6. The molecule has 1 heterocycles. The van der Waals surface area contributed by atoms with Crippen molar-refractivity contribution in [2.45, 2.75) is 19.8 Å². The molecule has 2 aromatic carbocycles. The number of rotatable bonds is 8. The molecule has 0 spiro atoms. The predicted octanol–water partition coefficient (Wildman–Crippen LogP) is 3.81. The van der Waals surface area contributed by atoms with Crippen LogP contribution in [0.1, 0.15) is 19.8 Å². The van der Waals surface area contributed by atoms with Crippen molar-refractivity contribution in [2.24, 2.45) is 0 Å². The predicted molar refractivity (Wildman–Crippen MR) is 112 cm³/mol. The summed E-state index contributed by atoms with van der Waals surface area (Å²) in [6, 6.07) is 15.5. The Balaban J connectivity index is 1.68. The Kier molecular flexibility index (Phi) is 6.58. The second kappa shape index (κ2) is 9.10. The van der Waals surface area contributed by atoms with Crippen LogP contribution in [0.4, 0.5) is 22.7 Å². The number of hydrogen-bond donors (Lipinski definition) is 2. The van der Waals surface area contributed by atoms with E-state index in [0.717, 1.165) is 49.8 Å². The quantitative estimate of drug-likeness (QED) is 0.718. The summed E-state index contributed by atoms with van der Waals surface area (Å²) in [4.78, 5) is 2.31. The number of para-hydroxylation sites is 2. The van der Waals surface area contributed by atoms with E-state index in [9.17, 15) is 8.42 Å².